The molecule has 0 aliphatic heterocycles. The van der Waals surface area contributed by atoms with Crippen LogP contribution in [0.1, 0.15) is 31.7 Å². The van der Waals surface area contributed by atoms with E-state index in [1.165, 1.54) is 5.56 Å². The molecule has 1 aliphatic carbocycles. The lowest BCUT2D eigenvalue weighted by atomic mass is 10.00. The van der Waals surface area contributed by atoms with Gasteiger partial charge < -0.3 is 9.84 Å². The Balaban J connectivity index is 1.67. The number of carbonyl (C=O) groups is 1. The molecule has 1 aromatic heterocycles. The maximum absolute atomic E-state index is 10.6. The zero-order valence-electron chi connectivity index (χ0n) is 15.4. The molecule has 0 bridgehead atoms. The normalized spacial score (nSPS) is 14.9. The number of carboxylic acid groups (broad SMARTS) is 1. The molecule has 138 valence electrons. The van der Waals surface area contributed by atoms with E-state index >= 15 is 0 Å². The van der Waals surface area contributed by atoms with Crippen molar-refractivity contribution in [2.24, 2.45) is 0 Å². The summed E-state index contributed by atoms with van der Waals surface area (Å²) < 4.78 is 5.77. The zero-order chi connectivity index (χ0) is 19.1. The van der Waals surface area contributed by atoms with E-state index in [4.69, 9.17) is 9.84 Å². The molecular formula is C23H23NO3. The van der Waals surface area contributed by atoms with Gasteiger partial charge >= 0.3 is 5.97 Å². The molecule has 0 amide bonds. The molecule has 0 saturated carbocycles. The SMILES string of the molecule is CCc1ccccc1-c1cccc(OC=C2C=CC(CCC(=O)O)=CC2)n1. The Morgan fingerprint density at radius 3 is 2.78 bits per heavy atom. The van der Waals surface area contributed by atoms with Crippen LogP contribution in [0.2, 0.25) is 0 Å². The monoisotopic (exact) mass is 361 g/mol. The van der Waals surface area contributed by atoms with Crippen molar-refractivity contribution < 1.29 is 14.6 Å². The van der Waals surface area contributed by atoms with E-state index in [9.17, 15) is 4.79 Å². The van der Waals surface area contributed by atoms with Crippen molar-refractivity contribution >= 4 is 5.97 Å². The summed E-state index contributed by atoms with van der Waals surface area (Å²) in [5.41, 5.74) is 5.36. The Morgan fingerprint density at radius 1 is 1.19 bits per heavy atom. The van der Waals surface area contributed by atoms with Crippen molar-refractivity contribution in [2.75, 3.05) is 0 Å². The number of allylic oxidation sites excluding steroid dienone is 5. The third kappa shape index (κ3) is 5.17. The summed E-state index contributed by atoms with van der Waals surface area (Å²) in [6.45, 7) is 2.14. The van der Waals surface area contributed by atoms with Crippen molar-refractivity contribution in [3.8, 4) is 17.1 Å². The Bertz CT molecular complexity index is 909. The Morgan fingerprint density at radius 2 is 2.04 bits per heavy atom. The Hall–Kier alpha value is -3.14. The number of nitrogens with zero attached hydrogens (tertiary/aromatic N) is 1. The van der Waals surface area contributed by atoms with Crippen LogP contribution in [0.25, 0.3) is 11.3 Å². The topological polar surface area (TPSA) is 59.4 Å². The third-order valence-electron chi connectivity index (χ3n) is 4.47. The quantitative estimate of drug-likeness (QED) is 0.678. The number of ether oxygens (including phenoxy) is 1. The maximum Gasteiger partial charge on any atom is 0.303 e. The van der Waals surface area contributed by atoms with Crippen LogP contribution in [0.5, 0.6) is 5.88 Å². The minimum atomic E-state index is -0.774. The van der Waals surface area contributed by atoms with Crippen molar-refractivity contribution in [1.29, 1.82) is 0 Å². The van der Waals surface area contributed by atoms with Gasteiger partial charge in [-0.3, -0.25) is 4.79 Å². The molecule has 0 atom stereocenters. The van der Waals surface area contributed by atoms with Crippen molar-refractivity contribution in [2.45, 2.75) is 32.6 Å². The third-order valence-corrected chi connectivity index (χ3v) is 4.47. The lowest BCUT2D eigenvalue weighted by molar-refractivity contribution is -0.136. The first-order valence-corrected chi connectivity index (χ1v) is 9.15. The average molecular weight is 361 g/mol. The first-order valence-electron chi connectivity index (χ1n) is 9.15. The molecule has 0 saturated heterocycles. The second kappa shape index (κ2) is 8.99. The van der Waals surface area contributed by atoms with Crippen LogP contribution in [-0.2, 0) is 11.2 Å². The summed E-state index contributed by atoms with van der Waals surface area (Å²) in [5, 5.41) is 8.75. The highest BCUT2D eigenvalue weighted by atomic mass is 16.5. The van der Waals surface area contributed by atoms with Crippen LogP contribution >= 0.6 is 0 Å². The summed E-state index contributed by atoms with van der Waals surface area (Å²) in [6, 6.07) is 14.0. The van der Waals surface area contributed by atoms with Crippen molar-refractivity contribution in [3.63, 3.8) is 0 Å². The fraction of sp³-hybridized carbons (Fsp3) is 0.217. The second-order valence-corrected chi connectivity index (χ2v) is 6.39. The summed E-state index contributed by atoms with van der Waals surface area (Å²) in [7, 11) is 0. The van der Waals surface area contributed by atoms with E-state index < -0.39 is 5.97 Å². The molecule has 0 spiro atoms. The van der Waals surface area contributed by atoms with Gasteiger partial charge in [0.2, 0.25) is 5.88 Å². The molecule has 0 fully saturated rings. The predicted octanol–water partition coefficient (Wildman–Crippen LogP) is 5.32. The molecule has 1 N–H and O–H groups in total. The summed E-state index contributed by atoms with van der Waals surface area (Å²) in [6.07, 6.45) is 10.1. The van der Waals surface area contributed by atoms with Gasteiger partial charge in [-0.1, -0.05) is 61.1 Å². The summed E-state index contributed by atoms with van der Waals surface area (Å²) in [4.78, 5) is 15.3. The lowest BCUT2D eigenvalue weighted by Gasteiger charge is -2.10. The molecule has 27 heavy (non-hydrogen) atoms. The number of aryl methyl sites for hydroxylation is 1. The number of hydrogen-bond acceptors (Lipinski definition) is 3. The van der Waals surface area contributed by atoms with E-state index in [1.54, 1.807) is 6.26 Å². The van der Waals surface area contributed by atoms with E-state index in [0.29, 0.717) is 12.3 Å². The predicted molar refractivity (Wildman–Crippen MR) is 106 cm³/mol. The minimum absolute atomic E-state index is 0.154. The van der Waals surface area contributed by atoms with Gasteiger partial charge in [0.15, 0.2) is 0 Å². The van der Waals surface area contributed by atoms with Crippen LogP contribution in [0.15, 0.2) is 78.1 Å². The van der Waals surface area contributed by atoms with Gasteiger partial charge in [-0.2, -0.15) is 0 Å². The highest BCUT2D eigenvalue weighted by Crippen LogP contribution is 2.25. The average Bonchev–Trinajstić information content (AvgIpc) is 2.71. The Kier molecular flexibility index (Phi) is 6.21. The molecule has 0 radical (unpaired) electrons. The van der Waals surface area contributed by atoms with Crippen LogP contribution < -0.4 is 4.74 Å². The number of pyridine rings is 1. The smallest absolute Gasteiger partial charge is 0.303 e. The molecule has 1 aromatic carbocycles. The molecule has 4 heteroatoms. The van der Waals surface area contributed by atoms with Gasteiger partial charge in [0, 0.05) is 18.1 Å². The number of hydrogen-bond donors (Lipinski definition) is 1. The second-order valence-electron chi connectivity index (χ2n) is 6.39. The molecule has 0 unspecified atom stereocenters. The first kappa shape index (κ1) is 18.6. The van der Waals surface area contributed by atoms with E-state index in [-0.39, 0.29) is 6.42 Å². The van der Waals surface area contributed by atoms with Gasteiger partial charge in [0.05, 0.1) is 12.0 Å². The largest absolute Gasteiger partial charge is 0.481 e. The van der Waals surface area contributed by atoms with E-state index in [0.717, 1.165) is 35.2 Å². The highest BCUT2D eigenvalue weighted by Gasteiger charge is 2.07. The van der Waals surface area contributed by atoms with Crippen LogP contribution in [0.4, 0.5) is 0 Å². The molecular weight excluding hydrogens is 338 g/mol. The molecule has 3 rings (SSSR count). The molecule has 2 aromatic rings. The Labute approximate surface area is 159 Å². The standard InChI is InChI=1S/C23H23NO3/c1-2-19-6-3-4-7-20(19)21-8-5-9-22(24-21)27-16-18-12-10-17(11-13-18)14-15-23(25)26/h3-12,16H,2,13-15H2,1H3,(H,25,26). The minimum Gasteiger partial charge on any atom is -0.481 e. The highest BCUT2D eigenvalue weighted by molar-refractivity contribution is 5.67. The fourth-order valence-corrected chi connectivity index (χ4v) is 2.97. The summed E-state index contributed by atoms with van der Waals surface area (Å²) >= 11 is 0. The molecule has 1 aliphatic rings. The van der Waals surface area contributed by atoms with Crippen LogP contribution in [0.3, 0.4) is 0 Å². The maximum atomic E-state index is 10.6. The number of benzene rings is 1. The number of rotatable bonds is 7. The van der Waals surface area contributed by atoms with Crippen molar-refractivity contribution in [1.82, 2.24) is 4.98 Å². The van der Waals surface area contributed by atoms with E-state index in [2.05, 4.69) is 24.0 Å². The number of carboxylic acids is 1. The number of aromatic nitrogens is 1. The van der Waals surface area contributed by atoms with Crippen LogP contribution in [-0.4, -0.2) is 16.1 Å². The van der Waals surface area contributed by atoms with Gasteiger partial charge in [-0.15, -0.1) is 0 Å². The van der Waals surface area contributed by atoms with Crippen molar-refractivity contribution in [3.05, 3.63) is 83.7 Å². The van der Waals surface area contributed by atoms with Gasteiger partial charge in [-0.05, 0) is 36.5 Å². The number of aliphatic carboxylic acids is 1. The lowest BCUT2D eigenvalue weighted by Crippen LogP contribution is -1.97. The molecule has 4 nitrogen and oxygen atoms in total. The summed E-state index contributed by atoms with van der Waals surface area (Å²) in [5.74, 6) is -0.218. The van der Waals surface area contributed by atoms with Crippen LogP contribution in [0, 0.1) is 0 Å². The van der Waals surface area contributed by atoms with Gasteiger partial charge in [-0.25, -0.2) is 4.98 Å². The molecule has 1 heterocycles. The first-order chi connectivity index (χ1) is 13.2. The van der Waals surface area contributed by atoms with Gasteiger partial charge in [0.25, 0.3) is 0 Å². The van der Waals surface area contributed by atoms with Gasteiger partial charge in [0.1, 0.15) is 0 Å². The fourth-order valence-electron chi connectivity index (χ4n) is 2.97. The van der Waals surface area contributed by atoms with E-state index in [1.807, 2.05) is 48.6 Å². The zero-order valence-corrected chi connectivity index (χ0v) is 15.4.